The van der Waals surface area contributed by atoms with Gasteiger partial charge in [-0.1, -0.05) is 42.5 Å². The summed E-state index contributed by atoms with van der Waals surface area (Å²) in [6.07, 6.45) is -15.4. The van der Waals surface area contributed by atoms with E-state index in [2.05, 4.69) is 15.4 Å². The van der Waals surface area contributed by atoms with Crippen molar-refractivity contribution < 1.29 is 49.0 Å². The van der Waals surface area contributed by atoms with Crippen molar-refractivity contribution in [2.24, 2.45) is 5.92 Å². The van der Waals surface area contributed by atoms with E-state index in [4.69, 9.17) is 0 Å². The van der Waals surface area contributed by atoms with Crippen LogP contribution in [0.3, 0.4) is 0 Å². The molecule has 13 heteroatoms. The summed E-state index contributed by atoms with van der Waals surface area (Å²) in [5.41, 5.74) is -1.16. The van der Waals surface area contributed by atoms with Crippen LogP contribution in [0, 0.1) is 11.7 Å². The van der Waals surface area contributed by atoms with E-state index >= 15 is 0 Å². The van der Waals surface area contributed by atoms with Crippen LogP contribution in [-0.4, -0.2) is 36.9 Å². The number of amides is 2. The Balaban J connectivity index is 1.72. The lowest BCUT2D eigenvalue weighted by molar-refractivity contribution is -0.312. The second-order valence-electron chi connectivity index (χ2n) is 10.0. The highest BCUT2D eigenvalue weighted by atomic mass is 19.4. The van der Waals surface area contributed by atoms with Crippen LogP contribution in [-0.2, 0) is 16.7 Å². The molecule has 41 heavy (non-hydrogen) atoms. The summed E-state index contributed by atoms with van der Waals surface area (Å²) < 4.78 is 125. The van der Waals surface area contributed by atoms with Crippen molar-refractivity contribution in [2.45, 2.75) is 62.1 Å². The molecule has 0 aromatic heterocycles. The number of halogens is 9. The van der Waals surface area contributed by atoms with Crippen LogP contribution in [0.2, 0.25) is 0 Å². The first-order valence-electron chi connectivity index (χ1n) is 12.6. The van der Waals surface area contributed by atoms with E-state index in [1.54, 1.807) is 30.3 Å². The molecule has 0 radical (unpaired) electrons. The molecular weight excluding hydrogens is 567 g/mol. The normalized spacial score (nSPS) is 22.7. The molecule has 4 nitrogen and oxygen atoms in total. The monoisotopic (exact) mass is 592 g/mol. The molecule has 2 aliphatic carbocycles. The summed E-state index contributed by atoms with van der Waals surface area (Å²) >= 11 is 0. The molecule has 2 N–H and O–H groups in total. The minimum absolute atomic E-state index is 0.0834. The van der Waals surface area contributed by atoms with Crippen LogP contribution >= 0.6 is 0 Å². The zero-order valence-corrected chi connectivity index (χ0v) is 21.2. The number of benzene rings is 2. The summed E-state index contributed by atoms with van der Waals surface area (Å²) in [4.78, 5) is 13.2. The first-order chi connectivity index (χ1) is 19.2. The van der Waals surface area contributed by atoms with Gasteiger partial charge < -0.3 is 15.4 Å². The zero-order chi connectivity index (χ0) is 30.0. The number of allylic oxidation sites excluding steroid dienone is 2. The number of nitrogens with one attached hydrogen (secondary N) is 2. The summed E-state index contributed by atoms with van der Waals surface area (Å²) in [7, 11) is 0. The molecule has 4 rings (SSSR count). The minimum atomic E-state index is -4.91. The van der Waals surface area contributed by atoms with Gasteiger partial charge in [-0.15, -0.1) is 0 Å². The fourth-order valence-corrected chi connectivity index (χ4v) is 5.01. The van der Waals surface area contributed by atoms with E-state index in [1.807, 2.05) is 0 Å². The molecule has 1 unspecified atom stereocenters. The molecule has 2 aromatic rings. The summed E-state index contributed by atoms with van der Waals surface area (Å²) in [5.74, 6) is -3.37. The number of ether oxygens (including phenoxy) is 1. The van der Waals surface area contributed by atoms with Crippen molar-refractivity contribution in [2.75, 3.05) is 0 Å². The largest absolute Gasteiger partial charge is 0.417 e. The molecule has 2 aromatic carbocycles. The van der Waals surface area contributed by atoms with Gasteiger partial charge in [0.15, 0.2) is 0 Å². The third-order valence-corrected chi connectivity index (χ3v) is 7.10. The number of urea groups is 1. The first-order valence-corrected chi connectivity index (χ1v) is 12.6. The fourth-order valence-electron chi connectivity index (χ4n) is 5.01. The molecule has 0 spiro atoms. The van der Waals surface area contributed by atoms with E-state index in [9.17, 15) is 44.3 Å². The highest BCUT2D eigenvalue weighted by Crippen LogP contribution is 2.43. The van der Waals surface area contributed by atoms with Crippen LogP contribution in [0.4, 0.5) is 44.3 Å². The molecule has 0 aliphatic heterocycles. The Morgan fingerprint density at radius 3 is 2.17 bits per heavy atom. The predicted octanol–water partition coefficient (Wildman–Crippen LogP) is 7.33. The van der Waals surface area contributed by atoms with E-state index in [0.717, 1.165) is 18.2 Å². The van der Waals surface area contributed by atoms with Crippen LogP contribution in [0.25, 0.3) is 0 Å². The van der Waals surface area contributed by atoms with Gasteiger partial charge in [-0.3, -0.25) is 0 Å². The maximum atomic E-state index is 14.9. The van der Waals surface area contributed by atoms with Gasteiger partial charge in [0.25, 0.3) is 0 Å². The Kier molecular flexibility index (Phi) is 8.76. The smallest absolute Gasteiger partial charge is 0.335 e. The van der Waals surface area contributed by atoms with E-state index in [0.29, 0.717) is 11.6 Å². The molecule has 0 saturated heterocycles. The van der Waals surface area contributed by atoms with Gasteiger partial charge in [0, 0.05) is 18.9 Å². The van der Waals surface area contributed by atoms with Crippen molar-refractivity contribution >= 4 is 6.03 Å². The van der Waals surface area contributed by atoms with Crippen LogP contribution in [0.15, 0.2) is 78.1 Å². The fraction of sp³-hybridized carbons (Fsp3) is 0.393. The number of hydrogen-bond donors (Lipinski definition) is 2. The van der Waals surface area contributed by atoms with E-state index < -0.39 is 66.4 Å². The minimum Gasteiger partial charge on any atom is -0.335 e. The average molecular weight is 593 g/mol. The highest BCUT2D eigenvalue weighted by Gasteiger charge is 2.49. The molecule has 1 saturated carbocycles. The number of rotatable bonds is 9. The van der Waals surface area contributed by atoms with E-state index in [1.165, 1.54) is 12.1 Å². The third-order valence-electron chi connectivity index (χ3n) is 7.10. The van der Waals surface area contributed by atoms with Gasteiger partial charge in [0.2, 0.25) is 0 Å². The first kappa shape index (κ1) is 30.5. The number of carbonyl (C=O) groups is 1. The van der Waals surface area contributed by atoms with Crippen molar-refractivity contribution in [3.8, 4) is 0 Å². The Bertz CT molecular complexity index is 1270. The molecular formula is C28H25F9N2O2. The van der Waals surface area contributed by atoms with Gasteiger partial charge in [0.05, 0.1) is 17.6 Å². The van der Waals surface area contributed by atoms with Gasteiger partial charge in [-0.25, -0.2) is 22.4 Å². The molecule has 0 bridgehead atoms. The molecule has 2 amide bonds. The van der Waals surface area contributed by atoms with Crippen LogP contribution in [0.1, 0.15) is 30.4 Å². The van der Waals surface area contributed by atoms with Crippen molar-refractivity contribution in [3.63, 3.8) is 0 Å². The lowest BCUT2D eigenvalue weighted by Crippen LogP contribution is -2.57. The zero-order valence-electron chi connectivity index (χ0n) is 21.2. The lowest BCUT2D eigenvalue weighted by atomic mass is 9.74. The maximum Gasteiger partial charge on any atom is 0.417 e. The van der Waals surface area contributed by atoms with E-state index in [-0.39, 0.29) is 30.4 Å². The number of hydrogen-bond acceptors (Lipinski definition) is 2. The standard InChI is InChI=1S/C28H25F9N2O2/c29-20-8-6-17(7-9-20)26(15-16-4-2-1-3-5-16,39-25(40)38-22-11-19(12-22)27(33,34)35)18-10-21(30)14-23(13-18)41-28(36,37)24(31)32/h1-10,14,19,22-24H,11-13,15H2,(H2,38,39,40)/t19?,22?,23?,26-/m1/s1. The summed E-state index contributed by atoms with van der Waals surface area (Å²) in [6, 6.07) is 11.1. The Morgan fingerprint density at radius 2 is 1.59 bits per heavy atom. The van der Waals surface area contributed by atoms with Crippen molar-refractivity contribution in [1.29, 1.82) is 0 Å². The van der Waals surface area contributed by atoms with Gasteiger partial charge >= 0.3 is 24.7 Å². The second kappa shape index (κ2) is 11.8. The number of carbonyl (C=O) groups excluding carboxylic acids is 1. The average Bonchev–Trinajstić information content (AvgIpc) is 2.85. The van der Waals surface area contributed by atoms with Gasteiger partial charge in [-0.05, 0) is 53.8 Å². The number of alkyl halides is 7. The van der Waals surface area contributed by atoms with Gasteiger partial charge in [-0.2, -0.15) is 22.0 Å². The summed E-state index contributed by atoms with van der Waals surface area (Å²) in [6.45, 7) is 0. The quantitative estimate of drug-likeness (QED) is 0.300. The molecule has 2 aliphatic rings. The Morgan fingerprint density at radius 1 is 0.951 bits per heavy atom. The SMILES string of the molecule is O=C(NC1CC(C(F)(F)F)C1)N[C@@](Cc1ccccc1)(C1=CC(F)=CC(OC(F)(F)C(F)F)C1)c1ccc(F)cc1. The molecule has 222 valence electrons. The van der Waals surface area contributed by atoms with Crippen molar-refractivity contribution in [1.82, 2.24) is 10.6 Å². The third kappa shape index (κ3) is 7.24. The molecule has 1 fully saturated rings. The predicted molar refractivity (Wildman–Crippen MR) is 130 cm³/mol. The van der Waals surface area contributed by atoms with Crippen LogP contribution in [0.5, 0.6) is 0 Å². The Labute approximate surface area is 229 Å². The second-order valence-corrected chi connectivity index (χ2v) is 10.0. The molecule has 2 atom stereocenters. The van der Waals surface area contributed by atoms with Crippen molar-refractivity contribution in [3.05, 3.63) is 95.1 Å². The van der Waals surface area contributed by atoms with Gasteiger partial charge in [0.1, 0.15) is 11.6 Å². The van der Waals surface area contributed by atoms with Crippen LogP contribution < -0.4 is 10.6 Å². The Hall–Kier alpha value is -3.48. The topological polar surface area (TPSA) is 50.4 Å². The highest BCUT2D eigenvalue weighted by molar-refractivity contribution is 5.76. The lowest BCUT2D eigenvalue weighted by Gasteiger charge is -2.42. The summed E-state index contributed by atoms with van der Waals surface area (Å²) in [5, 5.41) is 5.10. The molecule has 0 heterocycles. The maximum absolute atomic E-state index is 14.9.